The van der Waals surface area contributed by atoms with E-state index in [4.69, 9.17) is 4.74 Å². The van der Waals surface area contributed by atoms with Crippen molar-refractivity contribution in [3.63, 3.8) is 0 Å². The predicted molar refractivity (Wildman–Crippen MR) is 99.3 cm³/mol. The summed E-state index contributed by atoms with van der Waals surface area (Å²) in [6.45, 7) is 8.02. The summed E-state index contributed by atoms with van der Waals surface area (Å²) in [4.78, 5) is 14.6. The molecule has 3 unspecified atom stereocenters. The molecule has 1 aliphatic rings. The number of carbonyl (C=O) groups is 1. The normalized spacial score (nSPS) is 27.4. The van der Waals surface area contributed by atoms with E-state index in [0.717, 1.165) is 25.1 Å². The molecule has 1 amide bonds. The molecule has 25 heavy (non-hydrogen) atoms. The first kappa shape index (κ1) is 19.9. The van der Waals surface area contributed by atoms with Gasteiger partial charge >= 0.3 is 0 Å². The summed E-state index contributed by atoms with van der Waals surface area (Å²) in [5.41, 5.74) is 0.159. The van der Waals surface area contributed by atoms with Crippen LogP contribution in [0.5, 0.6) is 0 Å². The molecular formula is C20H32N2O3. The van der Waals surface area contributed by atoms with Crippen LogP contribution in [0, 0.1) is 5.92 Å². The fourth-order valence-electron chi connectivity index (χ4n) is 3.52. The van der Waals surface area contributed by atoms with Crippen molar-refractivity contribution in [2.45, 2.75) is 51.3 Å². The molecule has 5 heteroatoms. The number of hydrogen-bond acceptors (Lipinski definition) is 4. The molecule has 0 saturated carbocycles. The average molecular weight is 348 g/mol. The Hall–Kier alpha value is -1.43. The van der Waals surface area contributed by atoms with Crippen LogP contribution in [-0.4, -0.2) is 54.4 Å². The lowest BCUT2D eigenvalue weighted by molar-refractivity contribution is -0.132. The first-order valence-electron chi connectivity index (χ1n) is 9.15. The van der Waals surface area contributed by atoms with E-state index >= 15 is 0 Å². The number of rotatable bonds is 7. The molecule has 0 aromatic heterocycles. The maximum atomic E-state index is 12.2. The first-order valence-corrected chi connectivity index (χ1v) is 9.15. The largest absolute Gasteiger partial charge is 0.388 e. The van der Waals surface area contributed by atoms with Gasteiger partial charge in [-0.3, -0.25) is 9.69 Å². The van der Waals surface area contributed by atoms with Gasteiger partial charge < -0.3 is 15.2 Å². The topological polar surface area (TPSA) is 61.8 Å². The Bertz CT molecular complexity index is 543. The van der Waals surface area contributed by atoms with E-state index in [1.807, 2.05) is 25.1 Å². The number of benzene rings is 1. The highest BCUT2D eigenvalue weighted by molar-refractivity contribution is 5.77. The molecular weight excluding hydrogens is 316 g/mol. The summed E-state index contributed by atoms with van der Waals surface area (Å²) in [5.74, 6) is 0.416. The zero-order chi connectivity index (χ0) is 18.4. The standard InChI is InChI=1S/C20H32N2O3/c1-15(2)10-12-22-13-11-20(3,24)19(21-17(23)14-25-4)18(22)16-8-6-5-7-9-16/h5-9,15,18-19,24H,10-14H2,1-4H3,(H,21,23). The van der Waals surface area contributed by atoms with Crippen molar-refractivity contribution in [1.29, 1.82) is 0 Å². The fraction of sp³-hybridized carbons (Fsp3) is 0.650. The summed E-state index contributed by atoms with van der Waals surface area (Å²) in [6, 6.07) is 9.72. The molecule has 2 N–H and O–H groups in total. The molecule has 1 aliphatic heterocycles. The van der Waals surface area contributed by atoms with Gasteiger partial charge in [-0.05, 0) is 37.8 Å². The van der Waals surface area contributed by atoms with Crippen LogP contribution in [0.1, 0.15) is 45.2 Å². The summed E-state index contributed by atoms with van der Waals surface area (Å²) >= 11 is 0. The van der Waals surface area contributed by atoms with E-state index in [2.05, 4.69) is 36.2 Å². The van der Waals surface area contributed by atoms with E-state index in [9.17, 15) is 9.90 Å². The van der Waals surface area contributed by atoms with Crippen molar-refractivity contribution in [3.05, 3.63) is 35.9 Å². The van der Waals surface area contributed by atoms with Gasteiger partial charge in [-0.2, -0.15) is 0 Å². The van der Waals surface area contributed by atoms with Crippen LogP contribution in [0.25, 0.3) is 0 Å². The highest BCUT2D eigenvalue weighted by Crippen LogP contribution is 2.37. The van der Waals surface area contributed by atoms with Crippen LogP contribution in [-0.2, 0) is 9.53 Å². The minimum absolute atomic E-state index is 0.0000831. The lowest BCUT2D eigenvalue weighted by Gasteiger charge is -2.49. The number of nitrogens with zero attached hydrogens (tertiary/aromatic N) is 1. The molecule has 0 bridgehead atoms. The van der Waals surface area contributed by atoms with Gasteiger partial charge in [0.2, 0.25) is 5.91 Å². The number of aliphatic hydroxyl groups is 1. The highest BCUT2D eigenvalue weighted by Gasteiger charge is 2.45. The fourth-order valence-corrected chi connectivity index (χ4v) is 3.52. The predicted octanol–water partition coefficient (Wildman–Crippen LogP) is 2.36. The van der Waals surface area contributed by atoms with Crippen molar-refractivity contribution in [2.24, 2.45) is 5.92 Å². The molecule has 5 nitrogen and oxygen atoms in total. The minimum atomic E-state index is -0.960. The molecule has 0 spiro atoms. The third kappa shape index (κ3) is 5.27. The van der Waals surface area contributed by atoms with E-state index in [-0.39, 0.29) is 24.6 Å². The molecule has 2 rings (SSSR count). The zero-order valence-corrected chi connectivity index (χ0v) is 15.9. The first-order chi connectivity index (χ1) is 11.8. The van der Waals surface area contributed by atoms with Gasteiger partial charge in [-0.25, -0.2) is 0 Å². The Kier molecular flexibility index (Phi) is 6.99. The molecule has 1 aromatic carbocycles. The van der Waals surface area contributed by atoms with E-state index in [1.54, 1.807) is 0 Å². The zero-order valence-electron chi connectivity index (χ0n) is 15.9. The van der Waals surface area contributed by atoms with E-state index < -0.39 is 5.60 Å². The van der Waals surface area contributed by atoms with Crippen LogP contribution in [0.4, 0.5) is 0 Å². The Morgan fingerprint density at radius 3 is 2.68 bits per heavy atom. The van der Waals surface area contributed by atoms with Gasteiger partial charge in [0, 0.05) is 13.7 Å². The number of amides is 1. The summed E-state index contributed by atoms with van der Waals surface area (Å²) < 4.78 is 4.95. The third-order valence-electron chi connectivity index (χ3n) is 5.01. The molecule has 1 saturated heterocycles. The monoisotopic (exact) mass is 348 g/mol. The Morgan fingerprint density at radius 2 is 2.08 bits per heavy atom. The van der Waals surface area contributed by atoms with Crippen LogP contribution >= 0.6 is 0 Å². The second-order valence-electron chi connectivity index (χ2n) is 7.66. The summed E-state index contributed by atoms with van der Waals surface area (Å²) in [6.07, 6.45) is 1.72. The van der Waals surface area contributed by atoms with Gasteiger partial charge in [0.1, 0.15) is 6.61 Å². The Balaban J connectivity index is 2.32. The number of ether oxygens (including phenoxy) is 1. The SMILES string of the molecule is COCC(=O)NC1C(c2ccccc2)N(CCC(C)C)CCC1(C)O. The maximum absolute atomic E-state index is 12.2. The van der Waals surface area contributed by atoms with Crippen molar-refractivity contribution in [2.75, 3.05) is 26.8 Å². The van der Waals surface area contributed by atoms with Crippen molar-refractivity contribution in [3.8, 4) is 0 Å². The summed E-state index contributed by atoms with van der Waals surface area (Å²) in [5, 5.41) is 14.0. The number of piperidine rings is 1. The van der Waals surface area contributed by atoms with Crippen molar-refractivity contribution < 1.29 is 14.6 Å². The molecule has 0 radical (unpaired) electrons. The van der Waals surface area contributed by atoms with Crippen LogP contribution in [0.2, 0.25) is 0 Å². The second kappa shape index (κ2) is 8.79. The minimum Gasteiger partial charge on any atom is -0.388 e. The number of nitrogens with one attached hydrogen (secondary N) is 1. The molecule has 140 valence electrons. The van der Waals surface area contributed by atoms with Gasteiger partial charge in [-0.15, -0.1) is 0 Å². The van der Waals surface area contributed by atoms with Gasteiger partial charge in [0.25, 0.3) is 0 Å². The Morgan fingerprint density at radius 1 is 1.40 bits per heavy atom. The number of carbonyl (C=O) groups excluding carboxylic acids is 1. The lowest BCUT2D eigenvalue weighted by Crippen LogP contribution is -2.63. The molecule has 3 atom stereocenters. The van der Waals surface area contributed by atoms with Crippen LogP contribution in [0.15, 0.2) is 30.3 Å². The van der Waals surface area contributed by atoms with Crippen LogP contribution in [0.3, 0.4) is 0 Å². The smallest absolute Gasteiger partial charge is 0.246 e. The van der Waals surface area contributed by atoms with Crippen molar-refractivity contribution >= 4 is 5.91 Å². The average Bonchev–Trinajstić information content (AvgIpc) is 2.56. The van der Waals surface area contributed by atoms with Gasteiger partial charge in [0.15, 0.2) is 0 Å². The molecule has 1 aromatic rings. The molecule has 0 aliphatic carbocycles. The number of likely N-dealkylation sites (tertiary alicyclic amines) is 1. The second-order valence-corrected chi connectivity index (χ2v) is 7.66. The maximum Gasteiger partial charge on any atom is 0.246 e. The third-order valence-corrected chi connectivity index (χ3v) is 5.01. The van der Waals surface area contributed by atoms with E-state index in [1.165, 1.54) is 7.11 Å². The number of methoxy groups -OCH3 is 1. The van der Waals surface area contributed by atoms with E-state index in [0.29, 0.717) is 12.3 Å². The van der Waals surface area contributed by atoms with Crippen LogP contribution < -0.4 is 5.32 Å². The lowest BCUT2D eigenvalue weighted by atomic mass is 9.79. The molecule has 1 fully saturated rings. The number of hydrogen-bond donors (Lipinski definition) is 2. The van der Waals surface area contributed by atoms with Gasteiger partial charge in [0.05, 0.1) is 17.7 Å². The quantitative estimate of drug-likeness (QED) is 0.794. The highest BCUT2D eigenvalue weighted by atomic mass is 16.5. The molecule has 1 heterocycles. The van der Waals surface area contributed by atoms with Gasteiger partial charge in [-0.1, -0.05) is 44.2 Å². The Labute approximate surface area is 151 Å². The summed E-state index contributed by atoms with van der Waals surface area (Å²) in [7, 11) is 1.50. The van der Waals surface area contributed by atoms with Crippen molar-refractivity contribution in [1.82, 2.24) is 10.2 Å².